The number of pyridine rings is 1. The predicted molar refractivity (Wildman–Crippen MR) is 84.8 cm³/mol. The Morgan fingerprint density at radius 2 is 2.10 bits per heavy atom. The van der Waals surface area contributed by atoms with Crippen LogP contribution < -0.4 is 5.32 Å². The Hall–Kier alpha value is -1.74. The molecule has 21 heavy (non-hydrogen) atoms. The molecule has 112 valence electrons. The minimum absolute atomic E-state index is 0.0188. The minimum Gasteiger partial charge on any atom is -0.310 e. The molecule has 0 fully saturated rings. The molecule has 0 aliphatic carbocycles. The Labute approximate surface area is 126 Å². The first-order valence-electron chi connectivity index (χ1n) is 7.50. The Balaban J connectivity index is 2.32. The number of benzene rings is 1. The van der Waals surface area contributed by atoms with Crippen LogP contribution in [0.25, 0.3) is 0 Å². The zero-order valence-electron chi connectivity index (χ0n) is 13.0. The van der Waals surface area contributed by atoms with Crippen LogP contribution in [-0.2, 0) is 6.42 Å². The number of nitrogens with zero attached hydrogens (tertiary/aromatic N) is 1. The van der Waals surface area contributed by atoms with Gasteiger partial charge in [0.1, 0.15) is 5.82 Å². The molecule has 0 spiro atoms. The van der Waals surface area contributed by atoms with Crippen molar-refractivity contribution in [1.82, 2.24) is 10.3 Å². The van der Waals surface area contributed by atoms with Crippen LogP contribution in [0.5, 0.6) is 0 Å². The van der Waals surface area contributed by atoms with Crippen molar-refractivity contribution in [2.45, 2.75) is 39.7 Å². The summed E-state index contributed by atoms with van der Waals surface area (Å²) in [6.45, 7) is 6.90. The van der Waals surface area contributed by atoms with Crippen molar-refractivity contribution in [3.8, 4) is 0 Å². The van der Waals surface area contributed by atoms with E-state index in [4.69, 9.17) is 0 Å². The monoisotopic (exact) mass is 286 g/mol. The molecule has 0 radical (unpaired) electrons. The van der Waals surface area contributed by atoms with Gasteiger partial charge in [0, 0.05) is 24.0 Å². The van der Waals surface area contributed by atoms with Gasteiger partial charge in [-0.05, 0) is 62.1 Å². The number of nitrogens with one attached hydrogen (secondary N) is 1. The second-order valence-corrected chi connectivity index (χ2v) is 5.55. The van der Waals surface area contributed by atoms with Gasteiger partial charge in [0.2, 0.25) is 0 Å². The number of hydrogen-bond acceptors (Lipinski definition) is 2. The summed E-state index contributed by atoms with van der Waals surface area (Å²) in [6, 6.07) is 7.60. The summed E-state index contributed by atoms with van der Waals surface area (Å²) in [7, 11) is 0. The van der Waals surface area contributed by atoms with Gasteiger partial charge in [0.05, 0.1) is 0 Å². The van der Waals surface area contributed by atoms with Crippen molar-refractivity contribution in [2.24, 2.45) is 0 Å². The predicted octanol–water partition coefficient (Wildman–Crippen LogP) is 4.12. The fraction of sp³-hybridized carbons (Fsp3) is 0.389. The zero-order valence-corrected chi connectivity index (χ0v) is 13.0. The van der Waals surface area contributed by atoms with Crippen molar-refractivity contribution in [1.29, 1.82) is 0 Å². The van der Waals surface area contributed by atoms with E-state index in [-0.39, 0.29) is 11.9 Å². The first-order chi connectivity index (χ1) is 10.1. The van der Waals surface area contributed by atoms with Crippen molar-refractivity contribution in [3.63, 3.8) is 0 Å². The quantitative estimate of drug-likeness (QED) is 0.864. The summed E-state index contributed by atoms with van der Waals surface area (Å²) >= 11 is 0. The Kier molecular flexibility index (Phi) is 5.45. The van der Waals surface area contributed by atoms with Crippen molar-refractivity contribution in [2.75, 3.05) is 6.54 Å². The molecule has 0 aliphatic heterocycles. The number of hydrogen-bond donors (Lipinski definition) is 1. The lowest BCUT2D eigenvalue weighted by Gasteiger charge is -2.22. The second-order valence-electron chi connectivity index (χ2n) is 5.55. The van der Waals surface area contributed by atoms with E-state index in [1.165, 1.54) is 0 Å². The van der Waals surface area contributed by atoms with Gasteiger partial charge >= 0.3 is 0 Å². The molecule has 2 aromatic rings. The molecule has 1 heterocycles. The smallest absolute Gasteiger partial charge is 0.128 e. The number of halogens is 1. The lowest BCUT2D eigenvalue weighted by Crippen LogP contribution is -2.26. The third kappa shape index (κ3) is 4.11. The average molecular weight is 286 g/mol. The average Bonchev–Trinajstić information content (AvgIpc) is 2.44. The Morgan fingerprint density at radius 3 is 2.71 bits per heavy atom. The highest BCUT2D eigenvalue weighted by molar-refractivity contribution is 5.35. The maximum Gasteiger partial charge on any atom is 0.128 e. The normalized spacial score (nSPS) is 12.4. The molecule has 0 saturated heterocycles. The molecule has 1 atom stereocenters. The van der Waals surface area contributed by atoms with Crippen LogP contribution in [0.1, 0.15) is 41.6 Å². The van der Waals surface area contributed by atoms with E-state index in [1.54, 1.807) is 12.3 Å². The molecule has 1 aromatic heterocycles. The fourth-order valence-corrected chi connectivity index (χ4v) is 2.72. The van der Waals surface area contributed by atoms with E-state index in [9.17, 15) is 4.39 Å². The van der Waals surface area contributed by atoms with Gasteiger partial charge in [-0.1, -0.05) is 19.1 Å². The SMILES string of the molecule is CCCNC(Cc1cccnc1)c1c(C)cc(C)cc1F. The van der Waals surface area contributed by atoms with Crippen LogP contribution in [0.2, 0.25) is 0 Å². The molecular formula is C18H23FN2. The molecule has 0 bridgehead atoms. The van der Waals surface area contributed by atoms with E-state index in [1.807, 2.05) is 38.2 Å². The Bertz CT molecular complexity index is 558. The van der Waals surface area contributed by atoms with E-state index < -0.39 is 0 Å². The number of aryl methyl sites for hydroxylation is 2. The molecule has 0 saturated carbocycles. The van der Waals surface area contributed by atoms with Gasteiger partial charge in [-0.15, -0.1) is 0 Å². The zero-order chi connectivity index (χ0) is 15.2. The topological polar surface area (TPSA) is 24.9 Å². The second kappa shape index (κ2) is 7.32. The standard InChI is InChI=1S/C18H23FN2/c1-4-7-21-17(11-15-6-5-8-20-12-15)18-14(3)9-13(2)10-16(18)19/h5-6,8-10,12,17,21H,4,7,11H2,1-3H3. The van der Waals surface area contributed by atoms with Crippen LogP contribution >= 0.6 is 0 Å². The first-order valence-corrected chi connectivity index (χ1v) is 7.50. The molecule has 1 unspecified atom stereocenters. The highest BCUT2D eigenvalue weighted by Crippen LogP contribution is 2.26. The summed E-state index contributed by atoms with van der Waals surface area (Å²) < 4.78 is 14.4. The van der Waals surface area contributed by atoms with Gasteiger partial charge in [0.15, 0.2) is 0 Å². The van der Waals surface area contributed by atoms with Gasteiger partial charge in [-0.3, -0.25) is 4.98 Å². The number of rotatable bonds is 6. The first kappa shape index (κ1) is 15.6. The lowest BCUT2D eigenvalue weighted by molar-refractivity contribution is 0.493. The fourth-order valence-electron chi connectivity index (χ4n) is 2.72. The summed E-state index contributed by atoms with van der Waals surface area (Å²) in [5.74, 6) is -0.120. The van der Waals surface area contributed by atoms with Crippen molar-refractivity contribution < 1.29 is 4.39 Å². The van der Waals surface area contributed by atoms with Gasteiger partial charge in [0.25, 0.3) is 0 Å². The molecule has 1 N–H and O–H groups in total. The van der Waals surface area contributed by atoms with Crippen LogP contribution in [0.3, 0.4) is 0 Å². The molecule has 2 nitrogen and oxygen atoms in total. The van der Waals surface area contributed by atoms with Crippen LogP contribution in [0.4, 0.5) is 4.39 Å². The molecule has 2 rings (SSSR count). The van der Waals surface area contributed by atoms with Crippen LogP contribution in [-0.4, -0.2) is 11.5 Å². The summed E-state index contributed by atoms with van der Waals surface area (Å²) in [6.07, 6.45) is 5.38. The maximum absolute atomic E-state index is 14.4. The van der Waals surface area contributed by atoms with E-state index in [0.717, 1.165) is 41.6 Å². The van der Waals surface area contributed by atoms with Gasteiger partial charge < -0.3 is 5.32 Å². The van der Waals surface area contributed by atoms with Crippen LogP contribution in [0.15, 0.2) is 36.7 Å². The maximum atomic E-state index is 14.4. The lowest BCUT2D eigenvalue weighted by atomic mass is 9.94. The highest BCUT2D eigenvalue weighted by atomic mass is 19.1. The molecule has 3 heteroatoms. The van der Waals surface area contributed by atoms with Gasteiger partial charge in [-0.25, -0.2) is 4.39 Å². The summed E-state index contributed by atoms with van der Waals surface area (Å²) in [5, 5.41) is 3.47. The largest absolute Gasteiger partial charge is 0.310 e. The summed E-state index contributed by atoms with van der Waals surface area (Å²) in [5.41, 5.74) is 3.86. The molecular weight excluding hydrogens is 263 g/mol. The summed E-state index contributed by atoms with van der Waals surface area (Å²) in [4.78, 5) is 4.15. The van der Waals surface area contributed by atoms with Gasteiger partial charge in [-0.2, -0.15) is 0 Å². The molecule has 0 amide bonds. The third-order valence-corrected chi connectivity index (χ3v) is 3.63. The van der Waals surface area contributed by atoms with Crippen LogP contribution in [0, 0.1) is 19.7 Å². The molecule has 1 aromatic carbocycles. The molecule has 0 aliphatic rings. The minimum atomic E-state index is -0.120. The van der Waals surface area contributed by atoms with E-state index >= 15 is 0 Å². The van der Waals surface area contributed by atoms with Crippen molar-refractivity contribution >= 4 is 0 Å². The van der Waals surface area contributed by atoms with E-state index in [2.05, 4.69) is 17.2 Å². The Morgan fingerprint density at radius 1 is 1.29 bits per heavy atom. The van der Waals surface area contributed by atoms with E-state index in [0.29, 0.717) is 0 Å². The van der Waals surface area contributed by atoms with Crippen molar-refractivity contribution in [3.05, 3.63) is 64.7 Å². The third-order valence-electron chi connectivity index (χ3n) is 3.63. The highest BCUT2D eigenvalue weighted by Gasteiger charge is 2.18. The number of aromatic nitrogens is 1.